The van der Waals surface area contributed by atoms with E-state index < -0.39 is 0 Å². The van der Waals surface area contributed by atoms with E-state index in [2.05, 4.69) is 31.9 Å². The van der Waals surface area contributed by atoms with Crippen molar-refractivity contribution in [2.45, 2.75) is 64.2 Å². The van der Waals surface area contributed by atoms with Crippen molar-refractivity contribution in [3.8, 4) is 0 Å². The number of guanidine groups is 1. The Morgan fingerprint density at radius 3 is 2.92 bits per heavy atom. The van der Waals surface area contributed by atoms with E-state index in [9.17, 15) is 5.11 Å². The molecular formula is C18H32N6O2. The minimum absolute atomic E-state index is 0.182. The molecule has 1 aromatic heterocycles. The second kappa shape index (κ2) is 9.87. The van der Waals surface area contributed by atoms with Crippen LogP contribution in [0.4, 0.5) is 0 Å². The number of aliphatic hydroxyl groups excluding tert-OH is 1. The molecule has 0 radical (unpaired) electrons. The molecule has 0 bridgehead atoms. The van der Waals surface area contributed by atoms with Crippen molar-refractivity contribution < 1.29 is 9.84 Å². The number of likely N-dealkylation sites (tertiary alicyclic amines) is 1. The quantitative estimate of drug-likeness (QED) is 0.574. The Morgan fingerprint density at radius 2 is 2.19 bits per heavy atom. The SMILES string of the molecule is CCc1nncn1CCNC(=NCC1CCCCO1)N1CCC(O)CC1. The first-order valence-electron chi connectivity index (χ1n) is 9.96. The third-order valence-corrected chi connectivity index (χ3v) is 5.13. The highest BCUT2D eigenvalue weighted by Gasteiger charge is 2.21. The van der Waals surface area contributed by atoms with Crippen LogP contribution in [-0.2, 0) is 17.7 Å². The smallest absolute Gasteiger partial charge is 0.194 e. The molecule has 26 heavy (non-hydrogen) atoms. The monoisotopic (exact) mass is 364 g/mol. The van der Waals surface area contributed by atoms with Gasteiger partial charge in [-0.2, -0.15) is 0 Å². The van der Waals surface area contributed by atoms with Crippen LogP contribution in [0.3, 0.4) is 0 Å². The Kier molecular flexibility index (Phi) is 7.25. The van der Waals surface area contributed by atoms with Gasteiger partial charge in [-0.25, -0.2) is 0 Å². The summed E-state index contributed by atoms with van der Waals surface area (Å²) < 4.78 is 7.89. The summed E-state index contributed by atoms with van der Waals surface area (Å²) in [5, 5.41) is 21.4. The molecule has 2 aliphatic heterocycles. The van der Waals surface area contributed by atoms with Gasteiger partial charge in [-0.15, -0.1) is 10.2 Å². The van der Waals surface area contributed by atoms with E-state index in [0.29, 0.717) is 6.54 Å². The van der Waals surface area contributed by atoms with Gasteiger partial charge in [0.05, 0.1) is 18.8 Å². The highest BCUT2D eigenvalue weighted by Crippen LogP contribution is 2.14. The van der Waals surface area contributed by atoms with Gasteiger partial charge < -0.3 is 24.6 Å². The number of aliphatic imine (C=N–C) groups is 1. The lowest BCUT2D eigenvalue weighted by Gasteiger charge is -2.33. The van der Waals surface area contributed by atoms with Gasteiger partial charge in [-0.3, -0.25) is 4.99 Å². The Labute approximate surface area is 155 Å². The van der Waals surface area contributed by atoms with E-state index in [-0.39, 0.29) is 12.2 Å². The maximum absolute atomic E-state index is 9.78. The molecule has 3 rings (SSSR count). The third-order valence-electron chi connectivity index (χ3n) is 5.13. The lowest BCUT2D eigenvalue weighted by atomic mass is 10.1. The minimum atomic E-state index is -0.182. The molecule has 0 saturated carbocycles. The number of hydrogen-bond acceptors (Lipinski definition) is 5. The van der Waals surface area contributed by atoms with Crippen molar-refractivity contribution in [1.82, 2.24) is 25.0 Å². The Balaban J connectivity index is 1.56. The molecule has 1 aromatic rings. The minimum Gasteiger partial charge on any atom is -0.393 e. The van der Waals surface area contributed by atoms with Crippen LogP contribution >= 0.6 is 0 Å². The number of nitrogens with one attached hydrogen (secondary N) is 1. The predicted molar refractivity (Wildman–Crippen MR) is 100 cm³/mol. The van der Waals surface area contributed by atoms with Gasteiger partial charge in [0, 0.05) is 39.2 Å². The van der Waals surface area contributed by atoms with Crippen molar-refractivity contribution >= 4 is 5.96 Å². The summed E-state index contributed by atoms with van der Waals surface area (Å²) in [6, 6.07) is 0. The molecule has 8 heteroatoms. The van der Waals surface area contributed by atoms with E-state index in [4.69, 9.17) is 9.73 Å². The van der Waals surface area contributed by atoms with Gasteiger partial charge in [-0.05, 0) is 32.1 Å². The van der Waals surface area contributed by atoms with Crippen molar-refractivity contribution in [3.05, 3.63) is 12.2 Å². The van der Waals surface area contributed by atoms with Crippen LogP contribution in [0.25, 0.3) is 0 Å². The standard InChI is InChI=1S/C18H32N6O2/c1-2-17-22-21-14-24(17)11-8-19-18(23-9-6-15(25)7-10-23)20-13-16-5-3-4-12-26-16/h14-16,25H,2-13H2,1H3,(H,19,20). The zero-order valence-electron chi connectivity index (χ0n) is 15.8. The van der Waals surface area contributed by atoms with Crippen LogP contribution in [0, 0.1) is 0 Å². The van der Waals surface area contributed by atoms with Crippen LogP contribution in [0.1, 0.15) is 44.9 Å². The van der Waals surface area contributed by atoms with Crippen LogP contribution in [0.2, 0.25) is 0 Å². The molecule has 8 nitrogen and oxygen atoms in total. The van der Waals surface area contributed by atoms with Gasteiger partial charge in [0.25, 0.3) is 0 Å². The third kappa shape index (κ3) is 5.41. The fourth-order valence-corrected chi connectivity index (χ4v) is 3.51. The lowest BCUT2D eigenvalue weighted by Crippen LogP contribution is -2.47. The Hall–Kier alpha value is -1.67. The van der Waals surface area contributed by atoms with Crippen molar-refractivity contribution in [1.29, 1.82) is 0 Å². The first-order valence-corrected chi connectivity index (χ1v) is 9.96. The number of rotatable bonds is 6. The van der Waals surface area contributed by atoms with Crippen LogP contribution in [-0.4, -0.2) is 75.7 Å². The molecule has 0 spiro atoms. The summed E-state index contributed by atoms with van der Waals surface area (Å²) >= 11 is 0. The Morgan fingerprint density at radius 1 is 1.35 bits per heavy atom. The first-order chi connectivity index (χ1) is 12.8. The fraction of sp³-hybridized carbons (Fsp3) is 0.833. The van der Waals surface area contributed by atoms with Gasteiger partial charge in [0.1, 0.15) is 12.2 Å². The van der Waals surface area contributed by atoms with E-state index in [1.807, 2.05) is 0 Å². The average molecular weight is 364 g/mol. The lowest BCUT2D eigenvalue weighted by molar-refractivity contribution is 0.0222. The predicted octanol–water partition coefficient (Wildman–Crippen LogP) is 0.812. The average Bonchev–Trinajstić information content (AvgIpc) is 3.13. The van der Waals surface area contributed by atoms with E-state index in [0.717, 1.165) is 76.7 Å². The second-order valence-corrected chi connectivity index (χ2v) is 7.09. The number of hydrogen-bond donors (Lipinski definition) is 2. The molecule has 2 fully saturated rings. The van der Waals surface area contributed by atoms with Crippen molar-refractivity contribution in [2.24, 2.45) is 4.99 Å². The van der Waals surface area contributed by atoms with Gasteiger partial charge in [0.2, 0.25) is 0 Å². The summed E-state index contributed by atoms with van der Waals surface area (Å²) in [6.45, 7) is 6.90. The normalized spacial score (nSPS) is 22.6. The topological polar surface area (TPSA) is 87.8 Å². The van der Waals surface area contributed by atoms with Gasteiger partial charge in [0.15, 0.2) is 5.96 Å². The van der Waals surface area contributed by atoms with E-state index in [1.54, 1.807) is 6.33 Å². The van der Waals surface area contributed by atoms with Crippen LogP contribution < -0.4 is 5.32 Å². The Bertz CT molecular complexity index is 562. The number of piperidine rings is 1. The summed E-state index contributed by atoms with van der Waals surface area (Å²) in [4.78, 5) is 7.09. The first kappa shape index (κ1) is 19.1. The van der Waals surface area contributed by atoms with Crippen LogP contribution in [0.15, 0.2) is 11.3 Å². The largest absolute Gasteiger partial charge is 0.393 e. The number of aryl methyl sites for hydroxylation is 1. The summed E-state index contributed by atoms with van der Waals surface area (Å²) in [6.07, 6.45) is 7.79. The van der Waals surface area contributed by atoms with Crippen molar-refractivity contribution in [2.75, 3.05) is 32.8 Å². The molecule has 0 amide bonds. The number of aromatic nitrogens is 3. The molecule has 0 aromatic carbocycles. The maximum atomic E-state index is 9.78. The summed E-state index contributed by atoms with van der Waals surface area (Å²) in [5.41, 5.74) is 0. The highest BCUT2D eigenvalue weighted by molar-refractivity contribution is 5.80. The zero-order chi connectivity index (χ0) is 18.2. The summed E-state index contributed by atoms with van der Waals surface area (Å²) in [5.74, 6) is 1.93. The molecule has 1 unspecified atom stereocenters. The number of ether oxygens (including phenoxy) is 1. The summed E-state index contributed by atoms with van der Waals surface area (Å²) in [7, 11) is 0. The molecule has 146 valence electrons. The van der Waals surface area contributed by atoms with Crippen LogP contribution in [0.5, 0.6) is 0 Å². The zero-order valence-corrected chi connectivity index (χ0v) is 15.8. The highest BCUT2D eigenvalue weighted by atomic mass is 16.5. The maximum Gasteiger partial charge on any atom is 0.194 e. The second-order valence-electron chi connectivity index (χ2n) is 7.09. The molecular weight excluding hydrogens is 332 g/mol. The van der Waals surface area contributed by atoms with E-state index >= 15 is 0 Å². The molecule has 2 N–H and O–H groups in total. The number of nitrogens with zero attached hydrogens (tertiary/aromatic N) is 5. The molecule has 2 aliphatic rings. The van der Waals surface area contributed by atoms with Gasteiger partial charge in [-0.1, -0.05) is 6.92 Å². The fourth-order valence-electron chi connectivity index (χ4n) is 3.51. The van der Waals surface area contributed by atoms with Gasteiger partial charge >= 0.3 is 0 Å². The van der Waals surface area contributed by atoms with Crippen molar-refractivity contribution in [3.63, 3.8) is 0 Å². The molecule has 3 heterocycles. The molecule has 1 atom stereocenters. The molecule has 0 aliphatic carbocycles. The number of aliphatic hydroxyl groups is 1. The molecule has 2 saturated heterocycles. The van der Waals surface area contributed by atoms with E-state index in [1.165, 1.54) is 6.42 Å².